The number of alkyl halides is 1. The molecule has 0 atom stereocenters. The van der Waals surface area contributed by atoms with Crippen LogP contribution in [0.5, 0.6) is 0 Å². The largest absolute Gasteiger partial charge is 0.355 e. The number of nitrogens with zero attached hydrogens (tertiary/aromatic N) is 1. The fraction of sp³-hybridized carbons (Fsp3) is 0.917. The van der Waals surface area contributed by atoms with Gasteiger partial charge in [0, 0.05) is 25.4 Å². The van der Waals surface area contributed by atoms with Crippen LogP contribution in [-0.2, 0) is 4.79 Å². The maximum atomic E-state index is 11.4. The molecule has 4 heteroatoms. The van der Waals surface area contributed by atoms with Crippen LogP contribution in [0.3, 0.4) is 0 Å². The van der Waals surface area contributed by atoms with Crippen molar-refractivity contribution < 1.29 is 4.79 Å². The summed E-state index contributed by atoms with van der Waals surface area (Å²) < 4.78 is 0. The number of likely N-dealkylation sites (tertiary alicyclic amines) is 1. The predicted octanol–water partition coefficient (Wildman–Crippen LogP) is 2.00. The molecule has 0 aromatic carbocycles. The van der Waals surface area contributed by atoms with E-state index < -0.39 is 0 Å². The molecule has 1 N–H and O–H groups in total. The van der Waals surface area contributed by atoms with Gasteiger partial charge in [-0.25, -0.2) is 0 Å². The van der Waals surface area contributed by atoms with Crippen LogP contribution in [0.1, 0.15) is 38.5 Å². The minimum atomic E-state index is 0.169. The molecule has 0 radical (unpaired) electrons. The molecule has 94 valence electrons. The summed E-state index contributed by atoms with van der Waals surface area (Å²) in [4.78, 5) is 13.8. The van der Waals surface area contributed by atoms with Gasteiger partial charge in [-0.1, -0.05) is 6.42 Å². The molecule has 1 heterocycles. The van der Waals surface area contributed by atoms with Crippen LogP contribution in [0.15, 0.2) is 0 Å². The molecule has 1 saturated heterocycles. The van der Waals surface area contributed by atoms with Crippen LogP contribution >= 0.6 is 11.6 Å². The second-order valence-corrected chi connectivity index (χ2v) is 4.78. The zero-order valence-electron chi connectivity index (χ0n) is 10.0. The molecule has 0 aromatic heterocycles. The van der Waals surface area contributed by atoms with Crippen LogP contribution in [-0.4, -0.2) is 42.9 Å². The minimum Gasteiger partial charge on any atom is -0.355 e. The summed E-state index contributed by atoms with van der Waals surface area (Å²) in [6.07, 6.45) is 6.43. The molecule has 0 saturated carbocycles. The van der Waals surface area contributed by atoms with Crippen molar-refractivity contribution in [1.82, 2.24) is 10.2 Å². The Labute approximate surface area is 104 Å². The summed E-state index contributed by atoms with van der Waals surface area (Å²) in [6, 6.07) is 0. The molecular weight excluding hydrogens is 224 g/mol. The molecule has 0 unspecified atom stereocenters. The van der Waals surface area contributed by atoms with Crippen molar-refractivity contribution in [2.24, 2.45) is 0 Å². The number of rotatable bonds is 7. The smallest absolute Gasteiger partial charge is 0.220 e. The summed E-state index contributed by atoms with van der Waals surface area (Å²) in [5.41, 5.74) is 0. The number of hydrogen-bond acceptors (Lipinski definition) is 2. The molecular formula is C12H23ClN2O. The molecule has 0 bridgehead atoms. The fourth-order valence-corrected chi connectivity index (χ4v) is 2.19. The zero-order chi connectivity index (χ0) is 11.6. The lowest BCUT2D eigenvalue weighted by atomic mass is 10.1. The highest BCUT2D eigenvalue weighted by atomic mass is 35.5. The highest BCUT2D eigenvalue weighted by Crippen LogP contribution is 2.07. The van der Waals surface area contributed by atoms with Crippen LogP contribution in [0, 0.1) is 0 Å². The Hall–Kier alpha value is -0.280. The van der Waals surface area contributed by atoms with Gasteiger partial charge in [0.25, 0.3) is 0 Å². The fourth-order valence-electron chi connectivity index (χ4n) is 2.00. The number of halogens is 1. The Morgan fingerprint density at radius 3 is 2.62 bits per heavy atom. The summed E-state index contributed by atoms with van der Waals surface area (Å²) >= 11 is 5.55. The van der Waals surface area contributed by atoms with Crippen LogP contribution < -0.4 is 5.32 Å². The lowest BCUT2D eigenvalue weighted by Crippen LogP contribution is -2.37. The maximum absolute atomic E-state index is 11.4. The van der Waals surface area contributed by atoms with Crippen molar-refractivity contribution in [3.05, 3.63) is 0 Å². The summed E-state index contributed by atoms with van der Waals surface area (Å²) in [5.74, 6) is 0.822. The van der Waals surface area contributed by atoms with Crippen LogP contribution in [0.25, 0.3) is 0 Å². The van der Waals surface area contributed by atoms with Crippen molar-refractivity contribution in [3.63, 3.8) is 0 Å². The van der Waals surface area contributed by atoms with Crippen molar-refractivity contribution in [1.29, 1.82) is 0 Å². The molecule has 1 aliphatic rings. The second-order valence-electron chi connectivity index (χ2n) is 4.40. The van der Waals surface area contributed by atoms with E-state index in [0.717, 1.165) is 25.9 Å². The van der Waals surface area contributed by atoms with E-state index in [9.17, 15) is 4.79 Å². The molecule has 0 spiro atoms. The third kappa shape index (κ3) is 6.33. The Morgan fingerprint density at radius 2 is 1.94 bits per heavy atom. The number of amides is 1. The normalized spacial score (nSPS) is 17.3. The van der Waals surface area contributed by atoms with Gasteiger partial charge in [0.05, 0.1) is 0 Å². The summed E-state index contributed by atoms with van der Waals surface area (Å²) in [7, 11) is 0. The molecule has 3 nitrogen and oxygen atoms in total. The van der Waals surface area contributed by atoms with Crippen molar-refractivity contribution in [2.75, 3.05) is 32.1 Å². The van der Waals surface area contributed by atoms with Gasteiger partial charge in [-0.3, -0.25) is 4.79 Å². The summed E-state index contributed by atoms with van der Waals surface area (Å²) in [5, 5.41) is 2.97. The number of hydrogen-bond donors (Lipinski definition) is 1. The maximum Gasteiger partial charge on any atom is 0.220 e. The first kappa shape index (κ1) is 13.8. The van der Waals surface area contributed by atoms with E-state index in [1.165, 1.54) is 32.4 Å². The quantitative estimate of drug-likeness (QED) is 0.551. The van der Waals surface area contributed by atoms with E-state index in [0.29, 0.717) is 12.3 Å². The molecule has 1 amide bonds. The predicted molar refractivity (Wildman–Crippen MR) is 67.9 cm³/mol. The van der Waals surface area contributed by atoms with Gasteiger partial charge < -0.3 is 10.2 Å². The first-order valence-corrected chi connectivity index (χ1v) is 6.91. The van der Waals surface area contributed by atoms with Gasteiger partial charge in [0.15, 0.2) is 0 Å². The average molecular weight is 247 g/mol. The van der Waals surface area contributed by atoms with Gasteiger partial charge in [-0.15, -0.1) is 11.6 Å². The molecule has 1 aliphatic heterocycles. The van der Waals surface area contributed by atoms with Gasteiger partial charge in [0.2, 0.25) is 5.91 Å². The first-order chi connectivity index (χ1) is 7.83. The highest BCUT2D eigenvalue weighted by Gasteiger charge is 2.09. The van der Waals surface area contributed by atoms with E-state index in [2.05, 4.69) is 10.2 Å². The van der Waals surface area contributed by atoms with Crippen molar-refractivity contribution >= 4 is 17.5 Å². The number of carbonyl (C=O) groups excluding carboxylic acids is 1. The monoisotopic (exact) mass is 246 g/mol. The zero-order valence-corrected chi connectivity index (χ0v) is 10.8. The third-order valence-electron chi connectivity index (χ3n) is 2.99. The van der Waals surface area contributed by atoms with E-state index in [4.69, 9.17) is 11.6 Å². The van der Waals surface area contributed by atoms with E-state index in [1.54, 1.807) is 0 Å². The lowest BCUT2D eigenvalue weighted by molar-refractivity contribution is -0.121. The standard InChI is InChI=1S/C12H23ClN2O/c13-7-3-2-6-12(16)14-8-11-15-9-4-1-5-10-15/h1-11H2,(H,14,16). The summed E-state index contributed by atoms with van der Waals surface area (Å²) in [6.45, 7) is 4.19. The number of piperidine rings is 1. The van der Waals surface area contributed by atoms with Gasteiger partial charge >= 0.3 is 0 Å². The van der Waals surface area contributed by atoms with Crippen molar-refractivity contribution in [3.8, 4) is 0 Å². The van der Waals surface area contributed by atoms with E-state index in [-0.39, 0.29) is 5.91 Å². The van der Waals surface area contributed by atoms with Gasteiger partial charge in [0.1, 0.15) is 0 Å². The van der Waals surface area contributed by atoms with Crippen LogP contribution in [0.4, 0.5) is 0 Å². The molecule has 16 heavy (non-hydrogen) atoms. The number of nitrogens with one attached hydrogen (secondary N) is 1. The Balaban J connectivity index is 1.94. The van der Waals surface area contributed by atoms with E-state index in [1.807, 2.05) is 0 Å². The van der Waals surface area contributed by atoms with Crippen molar-refractivity contribution in [2.45, 2.75) is 38.5 Å². The number of carbonyl (C=O) groups is 1. The molecule has 1 fully saturated rings. The van der Waals surface area contributed by atoms with Gasteiger partial charge in [-0.2, -0.15) is 0 Å². The number of unbranched alkanes of at least 4 members (excludes halogenated alkanes) is 1. The molecule has 1 rings (SSSR count). The Bertz CT molecular complexity index is 193. The average Bonchev–Trinajstić information content (AvgIpc) is 2.31. The van der Waals surface area contributed by atoms with Gasteiger partial charge in [-0.05, 0) is 38.8 Å². The lowest BCUT2D eigenvalue weighted by Gasteiger charge is -2.26. The van der Waals surface area contributed by atoms with E-state index >= 15 is 0 Å². The van der Waals surface area contributed by atoms with Crippen LogP contribution in [0.2, 0.25) is 0 Å². The SMILES string of the molecule is O=C(CCCCCl)NCCN1CCCCC1. The minimum absolute atomic E-state index is 0.169. The highest BCUT2D eigenvalue weighted by molar-refractivity contribution is 6.17. The molecule has 0 aliphatic carbocycles. The Morgan fingerprint density at radius 1 is 1.19 bits per heavy atom. The Kier molecular flexibility index (Phi) is 7.60. The molecule has 0 aromatic rings. The second kappa shape index (κ2) is 8.82. The topological polar surface area (TPSA) is 32.3 Å². The third-order valence-corrected chi connectivity index (χ3v) is 3.25. The first-order valence-electron chi connectivity index (χ1n) is 6.38.